The predicted octanol–water partition coefficient (Wildman–Crippen LogP) is 2.05. The van der Waals surface area contributed by atoms with Crippen molar-refractivity contribution in [1.29, 1.82) is 0 Å². The summed E-state index contributed by atoms with van der Waals surface area (Å²) in [4.78, 5) is 37.0. The molecule has 1 aliphatic rings. The lowest BCUT2D eigenvalue weighted by atomic mass is 9.97. The molecule has 0 unspecified atom stereocenters. The van der Waals surface area contributed by atoms with Crippen molar-refractivity contribution in [1.82, 2.24) is 4.90 Å². The number of nitrogens with zero attached hydrogens (tertiary/aromatic N) is 1. The predicted molar refractivity (Wildman–Crippen MR) is 98.9 cm³/mol. The lowest BCUT2D eigenvalue weighted by Crippen LogP contribution is -2.42. The van der Waals surface area contributed by atoms with Gasteiger partial charge in [0, 0.05) is 19.2 Å². The summed E-state index contributed by atoms with van der Waals surface area (Å²) in [5.41, 5.74) is 0.826. The molecular weight excluding hydrogens is 350 g/mol. The fourth-order valence-electron chi connectivity index (χ4n) is 2.81. The molecular formula is C20H25NO6. The van der Waals surface area contributed by atoms with Gasteiger partial charge in [-0.15, -0.1) is 0 Å². The molecule has 2 rings (SSSR count). The number of likely N-dealkylation sites (tertiary alicyclic amines) is 1. The zero-order valence-electron chi connectivity index (χ0n) is 15.7. The third-order valence-electron chi connectivity index (χ3n) is 4.32. The van der Waals surface area contributed by atoms with E-state index in [0.29, 0.717) is 32.5 Å². The van der Waals surface area contributed by atoms with E-state index in [1.807, 2.05) is 31.2 Å². The second kappa shape index (κ2) is 10.4. The fraction of sp³-hybridized carbons (Fsp3) is 0.450. The molecule has 1 aromatic carbocycles. The van der Waals surface area contributed by atoms with Gasteiger partial charge in [-0.1, -0.05) is 12.1 Å². The quantitative estimate of drug-likeness (QED) is 0.536. The molecule has 1 heterocycles. The van der Waals surface area contributed by atoms with Crippen molar-refractivity contribution in [3.63, 3.8) is 0 Å². The van der Waals surface area contributed by atoms with Gasteiger partial charge in [-0.2, -0.15) is 0 Å². The number of carbonyl (C=O) groups excluding carboxylic acids is 3. The molecule has 0 radical (unpaired) electrons. The van der Waals surface area contributed by atoms with Crippen LogP contribution in [0.2, 0.25) is 0 Å². The van der Waals surface area contributed by atoms with Crippen LogP contribution in [0.3, 0.4) is 0 Å². The van der Waals surface area contributed by atoms with E-state index in [1.54, 1.807) is 11.0 Å². The molecule has 146 valence electrons. The summed E-state index contributed by atoms with van der Waals surface area (Å²) in [6.07, 6.45) is 4.02. The topological polar surface area (TPSA) is 82.1 Å². The Bertz CT molecular complexity index is 674. The Morgan fingerprint density at radius 3 is 2.41 bits per heavy atom. The largest absolute Gasteiger partial charge is 0.494 e. The Morgan fingerprint density at radius 2 is 1.81 bits per heavy atom. The molecule has 7 nitrogen and oxygen atoms in total. The normalized spacial score (nSPS) is 14.8. The van der Waals surface area contributed by atoms with E-state index < -0.39 is 5.97 Å². The van der Waals surface area contributed by atoms with Crippen LogP contribution in [0, 0.1) is 5.92 Å². The van der Waals surface area contributed by atoms with Gasteiger partial charge in [0.25, 0.3) is 5.91 Å². The van der Waals surface area contributed by atoms with Crippen LogP contribution in [-0.4, -0.2) is 56.2 Å². The molecule has 1 saturated heterocycles. The summed E-state index contributed by atoms with van der Waals surface area (Å²) in [6.45, 7) is 3.11. The summed E-state index contributed by atoms with van der Waals surface area (Å²) in [7, 11) is 1.36. The summed E-state index contributed by atoms with van der Waals surface area (Å²) in [6, 6.07) is 7.28. The molecule has 1 aliphatic heterocycles. The number of benzene rings is 1. The Labute approximate surface area is 158 Å². The van der Waals surface area contributed by atoms with Crippen LogP contribution >= 0.6 is 0 Å². The number of hydrogen-bond donors (Lipinski definition) is 0. The van der Waals surface area contributed by atoms with Gasteiger partial charge in [-0.25, -0.2) is 4.79 Å². The minimum Gasteiger partial charge on any atom is -0.494 e. The lowest BCUT2D eigenvalue weighted by molar-refractivity contribution is -0.151. The third-order valence-corrected chi connectivity index (χ3v) is 4.32. The average Bonchev–Trinajstić information content (AvgIpc) is 2.71. The smallest absolute Gasteiger partial charge is 0.331 e. The van der Waals surface area contributed by atoms with Crippen LogP contribution in [0.5, 0.6) is 5.75 Å². The first kappa shape index (κ1) is 20.5. The molecule has 27 heavy (non-hydrogen) atoms. The van der Waals surface area contributed by atoms with E-state index in [2.05, 4.69) is 0 Å². The third kappa shape index (κ3) is 6.44. The minimum atomic E-state index is -0.582. The molecule has 1 aromatic rings. The molecule has 0 atom stereocenters. The van der Waals surface area contributed by atoms with Crippen LogP contribution in [-0.2, 0) is 23.9 Å². The van der Waals surface area contributed by atoms with Crippen molar-refractivity contribution in [3.05, 3.63) is 35.9 Å². The highest BCUT2D eigenvalue weighted by molar-refractivity contribution is 5.89. The van der Waals surface area contributed by atoms with Crippen LogP contribution in [0.25, 0.3) is 6.08 Å². The molecule has 0 saturated carbocycles. The molecule has 0 bridgehead atoms. The molecule has 0 aliphatic carbocycles. The second-order valence-corrected chi connectivity index (χ2v) is 6.12. The first-order valence-electron chi connectivity index (χ1n) is 8.96. The number of methoxy groups -OCH3 is 1. The van der Waals surface area contributed by atoms with Gasteiger partial charge in [0.1, 0.15) is 5.75 Å². The highest BCUT2D eigenvalue weighted by atomic mass is 16.5. The lowest BCUT2D eigenvalue weighted by Gasteiger charge is -2.30. The zero-order valence-corrected chi connectivity index (χ0v) is 15.7. The maximum absolute atomic E-state index is 12.1. The molecule has 0 aromatic heterocycles. The highest BCUT2D eigenvalue weighted by Crippen LogP contribution is 2.18. The average molecular weight is 375 g/mol. The Kier molecular flexibility index (Phi) is 7.85. The van der Waals surface area contributed by atoms with Crippen LogP contribution in [0.4, 0.5) is 0 Å². The van der Waals surface area contributed by atoms with Gasteiger partial charge in [0.15, 0.2) is 6.61 Å². The van der Waals surface area contributed by atoms with Gasteiger partial charge in [0.2, 0.25) is 0 Å². The summed E-state index contributed by atoms with van der Waals surface area (Å²) >= 11 is 0. The van der Waals surface area contributed by atoms with E-state index >= 15 is 0 Å². The van der Waals surface area contributed by atoms with Gasteiger partial charge in [0.05, 0.1) is 19.6 Å². The summed E-state index contributed by atoms with van der Waals surface area (Å²) in [5.74, 6) is -0.492. The summed E-state index contributed by atoms with van der Waals surface area (Å²) < 4.78 is 15.1. The number of piperidine rings is 1. The van der Waals surface area contributed by atoms with E-state index in [9.17, 15) is 14.4 Å². The number of ether oxygens (including phenoxy) is 3. The Morgan fingerprint density at radius 1 is 1.15 bits per heavy atom. The molecule has 7 heteroatoms. The van der Waals surface area contributed by atoms with E-state index in [4.69, 9.17) is 14.2 Å². The SMILES string of the molecule is CCOc1ccc(/C=C/C(=O)OCC(=O)N2CCC(C(=O)OC)CC2)cc1. The molecule has 0 N–H and O–H groups in total. The van der Waals surface area contributed by atoms with Crippen LogP contribution in [0.1, 0.15) is 25.3 Å². The zero-order chi connectivity index (χ0) is 19.6. The standard InChI is InChI=1S/C20H25NO6/c1-3-26-17-7-4-15(5-8-17)6-9-19(23)27-14-18(22)21-12-10-16(11-13-21)20(24)25-2/h4-9,16H,3,10-14H2,1-2H3/b9-6+. The second-order valence-electron chi connectivity index (χ2n) is 6.12. The van der Waals surface area contributed by atoms with Gasteiger partial charge >= 0.3 is 11.9 Å². The van der Waals surface area contributed by atoms with Crippen molar-refractivity contribution in [2.75, 3.05) is 33.4 Å². The van der Waals surface area contributed by atoms with E-state index in [0.717, 1.165) is 11.3 Å². The molecule has 1 amide bonds. The van der Waals surface area contributed by atoms with Crippen molar-refractivity contribution in [3.8, 4) is 5.75 Å². The van der Waals surface area contributed by atoms with E-state index in [1.165, 1.54) is 13.2 Å². The van der Waals surface area contributed by atoms with Crippen LogP contribution in [0.15, 0.2) is 30.3 Å². The van der Waals surface area contributed by atoms with Gasteiger partial charge in [-0.05, 0) is 43.5 Å². The molecule has 1 fully saturated rings. The van der Waals surface area contributed by atoms with E-state index in [-0.39, 0.29) is 24.4 Å². The van der Waals surface area contributed by atoms with Crippen molar-refractivity contribution in [2.45, 2.75) is 19.8 Å². The molecule has 0 spiro atoms. The van der Waals surface area contributed by atoms with Crippen molar-refractivity contribution < 1.29 is 28.6 Å². The maximum atomic E-state index is 12.1. The number of carbonyl (C=O) groups is 3. The Balaban J connectivity index is 1.73. The van der Waals surface area contributed by atoms with Crippen LogP contribution < -0.4 is 4.74 Å². The highest BCUT2D eigenvalue weighted by Gasteiger charge is 2.28. The number of rotatable bonds is 7. The number of hydrogen-bond acceptors (Lipinski definition) is 6. The summed E-state index contributed by atoms with van der Waals surface area (Å²) in [5, 5.41) is 0. The first-order valence-corrected chi connectivity index (χ1v) is 8.96. The van der Waals surface area contributed by atoms with Gasteiger partial charge < -0.3 is 19.1 Å². The van der Waals surface area contributed by atoms with Crippen molar-refractivity contribution >= 4 is 23.9 Å². The first-order chi connectivity index (χ1) is 13.0. The minimum absolute atomic E-state index is 0.168. The fourth-order valence-corrected chi connectivity index (χ4v) is 2.81. The van der Waals surface area contributed by atoms with Gasteiger partial charge in [-0.3, -0.25) is 9.59 Å². The maximum Gasteiger partial charge on any atom is 0.331 e. The monoisotopic (exact) mass is 375 g/mol. The number of amides is 1. The van der Waals surface area contributed by atoms with Crippen molar-refractivity contribution in [2.24, 2.45) is 5.92 Å². The Hall–Kier alpha value is -2.83. The number of esters is 2.